The van der Waals surface area contributed by atoms with Crippen LogP contribution in [-0.4, -0.2) is 22.7 Å². The molecule has 0 radical (unpaired) electrons. The number of aliphatic carboxylic acids is 1. The van der Waals surface area contributed by atoms with Crippen molar-refractivity contribution in [3.05, 3.63) is 12.7 Å². The smallest absolute Gasteiger partial charge is 0.307 e. The van der Waals surface area contributed by atoms with Gasteiger partial charge in [-0.15, -0.1) is 6.58 Å². The second-order valence-electron chi connectivity index (χ2n) is 2.08. The van der Waals surface area contributed by atoms with Crippen LogP contribution in [0.15, 0.2) is 12.7 Å². The topological polar surface area (TPSA) is 49.8 Å². The van der Waals surface area contributed by atoms with Gasteiger partial charge in [-0.1, -0.05) is 17.7 Å². The second kappa shape index (κ2) is 5.16. The first kappa shape index (κ1) is 10.5. The summed E-state index contributed by atoms with van der Waals surface area (Å²) in [6.07, 6.45) is 1.72. The largest absolute Gasteiger partial charge is 0.481 e. The maximum Gasteiger partial charge on any atom is 0.307 e. The van der Waals surface area contributed by atoms with E-state index in [0.717, 1.165) is 0 Å². The Bertz CT molecular complexity index is 141. The summed E-state index contributed by atoms with van der Waals surface area (Å²) in [5.74, 6) is -0.829. The quantitative estimate of drug-likeness (QED) is 0.397. The van der Waals surface area contributed by atoms with Crippen LogP contribution in [0.25, 0.3) is 0 Å². The number of rotatable bonds is 2. The maximum absolute atomic E-state index is 9.53. The fourth-order valence-corrected chi connectivity index (χ4v) is 0.445. The molecule has 0 aliphatic carbocycles. The molecular formula is C7H11ClO3. The van der Waals surface area contributed by atoms with Crippen molar-refractivity contribution in [1.82, 2.24) is 0 Å². The van der Waals surface area contributed by atoms with Crippen LogP contribution >= 0.6 is 11.6 Å². The molecule has 3 nitrogen and oxygen atoms in total. The van der Waals surface area contributed by atoms with E-state index in [-0.39, 0.29) is 12.0 Å². The Morgan fingerprint density at radius 3 is 2.27 bits per heavy atom. The number of alkyl halides is 1. The normalized spacial score (nSPS) is 26.4. The Morgan fingerprint density at radius 2 is 2.27 bits per heavy atom. The molecule has 2 atom stereocenters. The van der Waals surface area contributed by atoms with E-state index in [4.69, 9.17) is 16.7 Å². The van der Waals surface area contributed by atoms with Gasteiger partial charge >= 0.3 is 5.97 Å². The van der Waals surface area contributed by atoms with Crippen molar-refractivity contribution in [3.8, 4) is 0 Å². The fraction of sp³-hybridized carbons (Fsp3) is 0.571. The fourth-order valence-electron chi connectivity index (χ4n) is 0.283. The van der Waals surface area contributed by atoms with Crippen LogP contribution in [0.1, 0.15) is 13.3 Å². The average molecular weight is 179 g/mol. The molecule has 0 amide bonds. The third-order valence-corrected chi connectivity index (χ3v) is 1.41. The summed E-state index contributed by atoms with van der Waals surface area (Å²) in [5.41, 5.74) is 0.0231. The first-order valence-electron chi connectivity index (χ1n) is 3.20. The van der Waals surface area contributed by atoms with Crippen molar-refractivity contribution in [2.24, 2.45) is 0 Å². The number of ether oxygens (including phenoxy) is 1. The van der Waals surface area contributed by atoms with Gasteiger partial charge in [0.05, 0.1) is 12.5 Å². The van der Waals surface area contributed by atoms with Gasteiger partial charge < -0.3 is 9.84 Å². The number of carboxylic acids is 1. The van der Waals surface area contributed by atoms with Gasteiger partial charge in [0.25, 0.3) is 0 Å². The summed E-state index contributed by atoms with van der Waals surface area (Å²) < 4.78 is 4.68. The van der Waals surface area contributed by atoms with Crippen molar-refractivity contribution in [2.75, 3.05) is 0 Å². The van der Waals surface area contributed by atoms with Gasteiger partial charge in [-0.2, -0.15) is 0 Å². The third kappa shape index (κ3) is 7.36. The summed E-state index contributed by atoms with van der Waals surface area (Å²) in [7, 11) is 0. The van der Waals surface area contributed by atoms with Crippen LogP contribution in [0.3, 0.4) is 0 Å². The molecule has 1 aliphatic rings. The molecule has 0 bridgehead atoms. The van der Waals surface area contributed by atoms with Gasteiger partial charge in [0, 0.05) is 0 Å². The van der Waals surface area contributed by atoms with Gasteiger partial charge in [0.15, 0.2) is 5.56 Å². The van der Waals surface area contributed by atoms with E-state index >= 15 is 0 Å². The van der Waals surface area contributed by atoms with Gasteiger partial charge in [-0.05, 0) is 6.92 Å². The minimum atomic E-state index is -0.829. The Balaban J connectivity index is 0.000000183. The number of hydrogen-bond donors (Lipinski definition) is 1. The lowest BCUT2D eigenvalue weighted by atomic mass is 10.4. The van der Waals surface area contributed by atoms with Crippen LogP contribution in [0.2, 0.25) is 0 Å². The summed E-state index contributed by atoms with van der Waals surface area (Å²) in [6.45, 7) is 5.16. The minimum Gasteiger partial charge on any atom is -0.481 e. The third-order valence-electron chi connectivity index (χ3n) is 0.956. The standard InChI is InChI=1S/C4H6O2.C3H5ClO/c1-2-3-4(5)6;1-2-3(4)5-2/h2H,1,3H2,(H,5,6);2-3H,1H3. The number of carbonyl (C=O) groups is 1. The Labute approximate surface area is 70.6 Å². The van der Waals surface area contributed by atoms with E-state index in [0.29, 0.717) is 6.10 Å². The molecule has 0 aromatic rings. The highest BCUT2D eigenvalue weighted by Gasteiger charge is 2.30. The highest BCUT2D eigenvalue weighted by Crippen LogP contribution is 2.23. The molecule has 4 heteroatoms. The number of carboxylic acid groups (broad SMARTS) is 1. The first-order valence-corrected chi connectivity index (χ1v) is 3.63. The first-order chi connectivity index (χ1) is 5.07. The molecule has 1 heterocycles. The van der Waals surface area contributed by atoms with Crippen LogP contribution < -0.4 is 0 Å². The summed E-state index contributed by atoms with van der Waals surface area (Å²) in [4.78, 5) is 9.53. The Kier molecular flexibility index (Phi) is 4.90. The van der Waals surface area contributed by atoms with Crippen molar-refractivity contribution in [3.63, 3.8) is 0 Å². The second-order valence-corrected chi connectivity index (χ2v) is 2.51. The molecule has 11 heavy (non-hydrogen) atoms. The molecule has 0 spiro atoms. The zero-order chi connectivity index (χ0) is 8.85. The Hall–Kier alpha value is -0.540. The molecule has 0 aromatic heterocycles. The SMILES string of the molecule is C=CCC(=O)O.CC1OC1Cl. The Morgan fingerprint density at radius 1 is 1.91 bits per heavy atom. The number of hydrogen-bond acceptors (Lipinski definition) is 2. The van der Waals surface area contributed by atoms with E-state index < -0.39 is 5.97 Å². The summed E-state index contributed by atoms with van der Waals surface area (Å²) >= 11 is 5.31. The summed E-state index contributed by atoms with van der Waals surface area (Å²) in [5, 5.41) is 7.84. The lowest BCUT2D eigenvalue weighted by Crippen LogP contribution is -1.88. The van der Waals surface area contributed by atoms with E-state index in [2.05, 4.69) is 11.3 Å². The van der Waals surface area contributed by atoms with Gasteiger partial charge in [-0.3, -0.25) is 4.79 Å². The van der Waals surface area contributed by atoms with Crippen LogP contribution in [0, 0.1) is 0 Å². The predicted octanol–water partition coefficient (Wildman–Crippen LogP) is 1.62. The van der Waals surface area contributed by atoms with Gasteiger partial charge in [-0.25, -0.2) is 0 Å². The molecular weight excluding hydrogens is 168 g/mol. The highest BCUT2D eigenvalue weighted by molar-refractivity contribution is 6.21. The van der Waals surface area contributed by atoms with Crippen molar-refractivity contribution in [1.29, 1.82) is 0 Å². The molecule has 1 rings (SSSR count). The molecule has 1 saturated heterocycles. The van der Waals surface area contributed by atoms with E-state index in [1.807, 2.05) is 6.92 Å². The number of halogens is 1. The average Bonchev–Trinajstić information content (AvgIpc) is 2.46. The van der Waals surface area contributed by atoms with E-state index in [9.17, 15) is 4.79 Å². The highest BCUT2D eigenvalue weighted by atomic mass is 35.5. The molecule has 1 N–H and O–H groups in total. The monoisotopic (exact) mass is 178 g/mol. The van der Waals surface area contributed by atoms with Gasteiger partial charge in [0.2, 0.25) is 0 Å². The van der Waals surface area contributed by atoms with Crippen LogP contribution in [0.5, 0.6) is 0 Å². The van der Waals surface area contributed by atoms with Crippen LogP contribution in [-0.2, 0) is 9.53 Å². The predicted molar refractivity (Wildman–Crippen MR) is 42.6 cm³/mol. The molecule has 2 unspecified atom stereocenters. The maximum atomic E-state index is 9.53. The minimum absolute atomic E-state index is 0.0231. The summed E-state index contributed by atoms with van der Waals surface area (Å²) in [6, 6.07) is 0. The van der Waals surface area contributed by atoms with Crippen molar-refractivity contribution in [2.45, 2.75) is 25.0 Å². The molecule has 1 fully saturated rings. The van der Waals surface area contributed by atoms with Gasteiger partial charge in [0.1, 0.15) is 0 Å². The van der Waals surface area contributed by atoms with E-state index in [1.54, 1.807) is 0 Å². The van der Waals surface area contributed by atoms with E-state index in [1.165, 1.54) is 6.08 Å². The lowest BCUT2D eigenvalue weighted by molar-refractivity contribution is -0.135. The molecule has 0 aromatic carbocycles. The van der Waals surface area contributed by atoms with Crippen LogP contribution in [0.4, 0.5) is 0 Å². The zero-order valence-corrected chi connectivity index (χ0v) is 7.04. The molecule has 1 aliphatic heterocycles. The lowest BCUT2D eigenvalue weighted by Gasteiger charge is -1.75. The molecule has 0 saturated carbocycles. The van der Waals surface area contributed by atoms with Crippen molar-refractivity contribution < 1.29 is 14.6 Å². The molecule has 64 valence electrons. The van der Waals surface area contributed by atoms with Crippen molar-refractivity contribution >= 4 is 17.6 Å². The number of epoxide rings is 1. The zero-order valence-electron chi connectivity index (χ0n) is 6.29.